The molecule has 1 aliphatic heterocycles. The highest BCUT2D eigenvalue weighted by molar-refractivity contribution is 14.0. The minimum absolute atomic E-state index is 0. The Morgan fingerprint density at radius 3 is 2.71 bits per heavy atom. The first kappa shape index (κ1) is 23.4. The summed E-state index contributed by atoms with van der Waals surface area (Å²) in [6, 6.07) is 3.29. The Morgan fingerprint density at radius 1 is 1.25 bits per heavy atom. The molecule has 2 aliphatic rings. The molecule has 0 radical (unpaired) electrons. The van der Waals surface area contributed by atoms with E-state index in [9.17, 15) is 0 Å². The van der Waals surface area contributed by atoms with Crippen LogP contribution in [0.5, 0.6) is 0 Å². The average Bonchev–Trinajstić information content (AvgIpc) is 3.17. The Bertz CT molecular complexity index is 597. The van der Waals surface area contributed by atoms with Gasteiger partial charge in [0.2, 0.25) is 0 Å². The molecule has 1 unspecified atom stereocenters. The molecule has 1 aliphatic carbocycles. The van der Waals surface area contributed by atoms with E-state index in [1.165, 1.54) is 51.5 Å². The fraction of sp³-hybridized carbons (Fsp3) is 0.810. The van der Waals surface area contributed by atoms with Gasteiger partial charge in [0.25, 0.3) is 0 Å². The lowest BCUT2D eigenvalue weighted by Gasteiger charge is -2.40. The van der Waals surface area contributed by atoms with Crippen LogP contribution in [0.1, 0.15) is 83.1 Å². The van der Waals surface area contributed by atoms with Gasteiger partial charge >= 0.3 is 0 Å². The van der Waals surface area contributed by atoms with Gasteiger partial charge in [-0.05, 0) is 45.1 Å². The highest BCUT2D eigenvalue weighted by Crippen LogP contribution is 2.25. The van der Waals surface area contributed by atoms with Gasteiger partial charge in [0, 0.05) is 31.2 Å². The van der Waals surface area contributed by atoms with Gasteiger partial charge in [-0.1, -0.05) is 38.3 Å². The number of hydrogen-bond donors (Lipinski definition) is 2. The smallest absolute Gasteiger partial charge is 0.191 e. The third-order valence-corrected chi connectivity index (χ3v) is 5.79. The van der Waals surface area contributed by atoms with E-state index >= 15 is 0 Å². The van der Waals surface area contributed by atoms with Crippen molar-refractivity contribution >= 4 is 29.9 Å². The first-order chi connectivity index (χ1) is 13.2. The zero-order chi connectivity index (χ0) is 19.1. The number of piperidine rings is 1. The standard InChI is InChI=1S/C21H37N5O.HI/c1-4-22-21(23-14-19-13-20(16(2)3)25-27-19)24-17-9-8-12-26(15-17)18-10-6-5-7-11-18;/h13,16-18H,4-12,14-15H2,1-3H3,(H2,22,23,24);1H. The van der Waals surface area contributed by atoms with E-state index in [-0.39, 0.29) is 24.0 Å². The van der Waals surface area contributed by atoms with Gasteiger partial charge in [0.05, 0.1) is 5.69 Å². The van der Waals surface area contributed by atoms with Crippen LogP contribution in [0, 0.1) is 0 Å². The van der Waals surface area contributed by atoms with E-state index in [0.29, 0.717) is 18.5 Å². The molecule has 0 bridgehead atoms. The lowest BCUT2D eigenvalue weighted by atomic mass is 9.92. The molecule has 1 saturated carbocycles. The Morgan fingerprint density at radius 2 is 2.04 bits per heavy atom. The number of aromatic nitrogens is 1. The van der Waals surface area contributed by atoms with Gasteiger partial charge in [0.15, 0.2) is 11.7 Å². The van der Waals surface area contributed by atoms with Crippen LogP contribution in [0.3, 0.4) is 0 Å². The summed E-state index contributed by atoms with van der Waals surface area (Å²) in [5, 5.41) is 11.2. The van der Waals surface area contributed by atoms with Crippen molar-refractivity contribution in [2.45, 2.75) is 90.3 Å². The van der Waals surface area contributed by atoms with Crippen LogP contribution < -0.4 is 10.6 Å². The molecule has 160 valence electrons. The maximum atomic E-state index is 5.42. The third-order valence-electron chi connectivity index (χ3n) is 5.79. The first-order valence-electron chi connectivity index (χ1n) is 10.9. The van der Waals surface area contributed by atoms with E-state index in [4.69, 9.17) is 9.52 Å². The van der Waals surface area contributed by atoms with E-state index < -0.39 is 0 Å². The summed E-state index contributed by atoms with van der Waals surface area (Å²) in [6.45, 7) is 10.1. The zero-order valence-corrected chi connectivity index (χ0v) is 20.1. The van der Waals surface area contributed by atoms with Crippen molar-refractivity contribution in [3.8, 4) is 0 Å². The third kappa shape index (κ3) is 6.90. The molecule has 3 rings (SSSR count). The maximum absolute atomic E-state index is 5.42. The Labute approximate surface area is 187 Å². The average molecular weight is 503 g/mol. The molecule has 28 heavy (non-hydrogen) atoms. The number of halogens is 1. The van der Waals surface area contributed by atoms with Crippen LogP contribution in [0.15, 0.2) is 15.6 Å². The monoisotopic (exact) mass is 503 g/mol. The van der Waals surface area contributed by atoms with Crippen LogP contribution >= 0.6 is 24.0 Å². The van der Waals surface area contributed by atoms with Crippen molar-refractivity contribution in [3.05, 3.63) is 17.5 Å². The van der Waals surface area contributed by atoms with Crippen LogP contribution in [0.25, 0.3) is 0 Å². The zero-order valence-electron chi connectivity index (χ0n) is 17.7. The van der Waals surface area contributed by atoms with Crippen molar-refractivity contribution < 1.29 is 4.52 Å². The van der Waals surface area contributed by atoms with Gasteiger partial charge < -0.3 is 15.2 Å². The summed E-state index contributed by atoms with van der Waals surface area (Å²) < 4.78 is 5.42. The molecular formula is C21H38IN5O. The van der Waals surface area contributed by atoms with E-state index in [1.807, 2.05) is 6.07 Å². The van der Waals surface area contributed by atoms with Crippen LogP contribution in [0.4, 0.5) is 0 Å². The van der Waals surface area contributed by atoms with Crippen LogP contribution in [0.2, 0.25) is 0 Å². The fourth-order valence-corrected chi connectivity index (χ4v) is 4.25. The molecule has 0 aromatic carbocycles. The second-order valence-corrected chi connectivity index (χ2v) is 8.34. The molecule has 1 aromatic rings. The molecule has 2 heterocycles. The SMILES string of the molecule is CCNC(=NCc1cc(C(C)C)no1)NC1CCCN(C2CCCCC2)C1.I. The van der Waals surface area contributed by atoms with E-state index in [1.54, 1.807) is 0 Å². The normalized spacial score (nSPS) is 22.1. The van der Waals surface area contributed by atoms with Crippen LogP contribution in [-0.4, -0.2) is 47.7 Å². The largest absolute Gasteiger partial charge is 0.359 e. The number of nitrogens with zero attached hydrogens (tertiary/aromatic N) is 3. The van der Waals surface area contributed by atoms with Crippen molar-refractivity contribution in [1.82, 2.24) is 20.7 Å². The molecule has 2 N–H and O–H groups in total. The molecular weight excluding hydrogens is 465 g/mol. The first-order valence-corrected chi connectivity index (χ1v) is 10.9. The van der Waals surface area contributed by atoms with Crippen molar-refractivity contribution in [3.63, 3.8) is 0 Å². The van der Waals surface area contributed by atoms with Gasteiger partial charge in [-0.15, -0.1) is 24.0 Å². The Kier molecular flexibility index (Phi) is 10.0. The van der Waals surface area contributed by atoms with Gasteiger partial charge in [-0.3, -0.25) is 4.90 Å². The summed E-state index contributed by atoms with van der Waals surface area (Å²) in [5.74, 6) is 2.09. The predicted molar refractivity (Wildman–Crippen MR) is 125 cm³/mol. The molecule has 0 spiro atoms. The summed E-state index contributed by atoms with van der Waals surface area (Å²) in [7, 11) is 0. The lowest BCUT2D eigenvalue weighted by Crippen LogP contribution is -2.53. The summed E-state index contributed by atoms with van der Waals surface area (Å²) in [5.41, 5.74) is 0.994. The number of aliphatic imine (C=N–C) groups is 1. The predicted octanol–water partition coefficient (Wildman–Crippen LogP) is 4.27. The molecule has 1 saturated heterocycles. The number of nitrogens with one attached hydrogen (secondary N) is 2. The molecule has 1 atom stereocenters. The van der Waals surface area contributed by atoms with Crippen molar-refractivity contribution in [2.24, 2.45) is 4.99 Å². The number of rotatable bonds is 6. The molecule has 0 amide bonds. The van der Waals surface area contributed by atoms with Crippen molar-refractivity contribution in [1.29, 1.82) is 0 Å². The number of guanidine groups is 1. The minimum atomic E-state index is 0. The fourth-order valence-electron chi connectivity index (χ4n) is 4.25. The van der Waals surface area contributed by atoms with Gasteiger partial charge in [-0.25, -0.2) is 4.99 Å². The second kappa shape index (κ2) is 12.0. The number of likely N-dealkylation sites (tertiary alicyclic amines) is 1. The second-order valence-electron chi connectivity index (χ2n) is 8.34. The summed E-state index contributed by atoms with van der Waals surface area (Å²) in [4.78, 5) is 7.45. The maximum Gasteiger partial charge on any atom is 0.191 e. The quantitative estimate of drug-likeness (QED) is 0.345. The van der Waals surface area contributed by atoms with Crippen LogP contribution in [-0.2, 0) is 6.54 Å². The van der Waals surface area contributed by atoms with Gasteiger partial charge in [-0.2, -0.15) is 0 Å². The number of hydrogen-bond acceptors (Lipinski definition) is 4. The molecule has 7 heteroatoms. The Hall–Kier alpha value is -0.830. The van der Waals surface area contributed by atoms with E-state index in [0.717, 1.165) is 36.5 Å². The molecule has 1 aromatic heterocycles. The summed E-state index contributed by atoms with van der Waals surface area (Å²) in [6.07, 6.45) is 9.47. The Balaban J connectivity index is 0.00000280. The molecule has 2 fully saturated rings. The highest BCUT2D eigenvalue weighted by atomic mass is 127. The highest BCUT2D eigenvalue weighted by Gasteiger charge is 2.27. The minimum Gasteiger partial charge on any atom is -0.359 e. The van der Waals surface area contributed by atoms with E-state index in [2.05, 4.69) is 41.5 Å². The summed E-state index contributed by atoms with van der Waals surface area (Å²) >= 11 is 0. The lowest BCUT2D eigenvalue weighted by molar-refractivity contribution is 0.115. The van der Waals surface area contributed by atoms with Crippen molar-refractivity contribution in [2.75, 3.05) is 19.6 Å². The molecule has 6 nitrogen and oxygen atoms in total. The van der Waals surface area contributed by atoms with Gasteiger partial charge in [0.1, 0.15) is 6.54 Å². The topological polar surface area (TPSA) is 65.7 Å².